The van der Waals surface area contributed by atoms with Crippen LogP contribution in [0.5, 0.6) is 11.5 Å². The van der Waals surface area contributed by atoms with Crippen molar-refractivity contribution in [1.82, 2.24) is 4.90 Å². The number of amides is 1. The number of benzene rings is 2. The zero-order chi connectivity index (χ0) is 16.3. The van der Waals surface area contributed by atoms with Gasteiger partial charge in [0.05, 0.1) is 13.7 Å². The van der Waals surface area contributed by atoms with Crippen molar-refractivity contribution in [3.05, 3.63) is 59.2 Å². The average molecular weight is 321 g/mol. The molecular formula is C20H19NO3. The van der Waals surface area contributed by atoms with E-state index in [0.717, 1.165) is 30.0 Å². The van der Waals surface area contributed by atoms with Crippen LogP contribution >= 0.6 is 0 Å². The number of carbonyl (C=O) groups is 1. The van der Waals surface area contributed by atoms with Gasteiger partial charge in [0.2, 0.25) is 5.91 Å². The lowest BCUT2D eigenvalue weighted by Gasteiger charge is -2.49. The normalized spacial score (nSPS) is 26.8. The lowest BCUT2D eigenvalue weighted by Crippen LogP contribution is -2.54. The molecule has 4 nitrogen and oxygen atoms in total. The van der Waals surface area contributed by atoms with E-state index < -0.39 is 0 Å². The first-order valence-corrected chi connectivity index (χ1v) is 8.45. The molecule has 1 fully saturated rings. The minimum atomic E-state index is -0.383. The van der Waals surface area contributed by atoms with E-state index >= 15 is 0 Å². The summed E-state index contributed by atoms with van der Waals surface area (Å²) in [5.74, 6) is 2.17. The Kier molecular flexibility index (Phi) is 2.76. The van der Waals surface area contributed by atoms with Crippen molar-refractivity contribution in [3.8, 4) is 11.5 Å². The van der Waals surface area contributed by atoms with Crippen LogP contribution in [0.15, 0.2) is 42.5 Å². The second-order valence-electron chi connectivity index (χ2n) is 6.79. The lowest BCUT2D eigenvalue weighted by molar-refractivity contribution is -0.131. The Morgan fingerprint density at radius 3 is 2.96 bits per heavy atom. The quantitative estimate of drug-likeness (QED) is 0.811. The fourth-order valence-electron chi connectivity index (χ4n) is 4.85. The molecule has 3 aliphatic heterocycles. The number of ether oxygens (including phenoxy) is 2. The Balaban J connectivity index is 1.83. The summed E-state index contributed by atoms with van der Waals surface area (Å²) in [6.07, 6.45) is 1.43. The second-order valence-corrected chi connectivity index (χ2v) is 6.79. The van der Waals surface area contributed by atoms with Crippen LogP contribution in [0.2, 0.25) is 0 Å². The predicted octanol–water partition coefficient (Wildman–Crippen LogP) is 2.74. The minimum Gasteiger partial charge on any atom is -0.497 e. The highest BCUT2D eigenvalue weighted by molar-refractivity contribution is 5.83. The van der Waals surface area contributed by atoms with Crippen LogP contribution in [0.4, 0.5) is 0 Å². The summed E-state index contributed by atoms with van der Waals surface area (Å²) in [5.41, 5.74) is 3.26. The number of hydrogen-bond donors (Lipinski definition) is 0. The molecule has 122 valence electrons. The first-order valence-electron chi connectivity index (χ1n) is 8.45. The Labute approximate surface area is 141 Å². The molecule has 0 bridgehead atoms. The zero-order valence-electron chi connectivity index (χ0n) is 13.6. The molecule has 2 atom stereocenters. The molecule has 1 spiro atoms. The van der Waals surface area contributed by atoms with Gasteiger partial charge >= 0.3 is 0 Å². The van der Waals surface area contributed by atoms with E-state index in [-0.39, 0.29) is 17.4 Å². The maximum absolute atomic E-state index is 12.8. The smallest absolute Gasteiger partial charge is 0.224 e. The first kappa shape index (κ1) is 13.9. The van der Waals surface area contributed by atoms with Gasteiger partial charge in [-0.2, -0.15) is 0 Å². The third-order valence-corrected chi connectivity index (χ3v) is 5.80. The van der Waals surface area contributed by atoms with Gasteiger partial charge in [0.1, 0.15) is 17.0 Å². The summed E-state index contributed by atoms with van der Waals surface area (Å²) < 4.78 is 11.4. The summed E-state index contributed by atoms with van der Waals surface area (Å²) in [6, 6.07) is 14.4. The molecule has 0 saturated carbocycles. The molecule has 4 heteroatoms. The van der Waals surface area contributed by atoms with E-state index in [1.165, 1.54) is 11.1 Å². The molecule has 0 aliphatic carbocycles. The summed E-state index contributed by atoms with van der Waals surface area (Å²) >= 11 is 0. The lowest BCUT2D eigenvalue weighted by atomic mass is 9.69. The van der Waals surface area contributed by atoms with Gasteiger partial charge in [-0.25, -0.2) is 0 Å². The standard InChI is InChI=1S/C20H19NO3/c1-23-15-6-7-16-13(10-15)8-9-21-19(22)11-14-12-24-18-5-3-2-4-17(18)20(14,16)21/h2-7,10,14H,8-9,11-12H2,1H3/t14-,20+/m0/s1. The molecule has 24 heavy (non-hydrogen) atoms. The predicted molar refractivity (Wildman–Crippen MR) is 89.2 cm³/mol. The maximum Gasteiger partial charge on any atom is 0.224 e. The third kappa shape index (κ3) is 1.56. The molecule has 1 amide bonds. The van der Waals surface area contributed by atoms with Gasteiger partial charge in [0, 0.05) is 24.4 Å². The molecule has 1 saturated heterocycles. The van der Waals surface area contributed by atoms with E-state index in [1.807, 2.05) is 24.3 Å². The van der Waals surface area contributed by atoms with Crippen LogP contribution in [0.25, 0.3) is 0 Å². The number of methoxy groups -OCH3 is 1. The van der Waals surface area contributed by atoms with Crippen molar-refractivity contribution in [2.75, 3.05) is 20.3 Å². The first-order chi connectivity index (χ1) is 11.7. The molecule has 2 aromatic rings. The Morgan fingerprint density at radius 1 is 1.21 bits per heavy atom. The van der Waals surface area contributed by atoms with Gasteiger partial charge in [-0.15, -0.1) is 0 Å². The van der Waals surface area contributed by atoms with Gasteiger partial charge in [-0.05, 0) is 35.7 Å². The van der Waals surface area contributed by atoms with Crippen LogP contribution in [-0.2, 0) is 16.8 Å². The molecule has 0 aromatic heterocycles. The van der Waals surface area contributed by atoms with E-state index in [1.54, 1.807) is 7.11 Å². The van der Waals surface area contributed by atoms with Gasteiger partial charge in [0.15, 0.2) is 0 Å². The molecule has 0 radical (unpaired) electrons. The van der Waals surface area contributed by atoms with Crippen LogP contribution < -0.4 is 9.47 Å². The number of para-hydroxylation sites is 1. The number of nitrogens with zero attached hydrogens (tertiary/aromatic N) is 1. The molecule has 0 N–H and O–H groups in total. The highest BCUT2D eigenvalue weighted by Gasteiger charge is 2.59. The van der Waals surface area contributed by atoms with Crippen LogP contribution in [0.3, 0.4) is 0 Å². The summed E-state index contributed by atoms with van der Waals surface area (Å²) in [4.78, 5) is 14.8. The topological polar surface area (TPSA) is 38.8 Å². The van der Waals surface area contributed by atoms with Crippen molar-refractivity contribution >= 4 is 5.91 Å². The molecule has 0 unspecified atom stereocenters. The van der Waals surface area contributed by atoms with E-state index in [0.29, 0.717) is 13.0 Å². The summed E-state index contributed by atoms with van der Waals surface area (Å²) in [5, 5.41) is 0. The molecule has 3 aliphatic rings. The van der Waals surface area contributed by atoms with Gasteiger partial charge in [-0.3, -0.25) is 4.79 Å². The van der Waals surface area contributed by atoms with E-state index in [2.05, 4.69) is 23.1 Å². The third-order valence-electron chi connectivity index (χ3n) is 5.80. The van der Waals surface area contributed by atoms with E-state index in [9.17, 15) is 4.79 Å². The monoisotopic (exact) mass is 321 g/mol. The SMILES string of the molecule is COc1ccc2c(c1)CCN1C(=O)C[C@H]3COc4ccccc4[C@]231. The van der Waals surface area contributed by atoms with Gasteiger partial charge < -0.3 is 14.4 Å². The van der Waals surface area contributed by atoms with Crippen molar-refractivity contribution in [2.45, 2.75) is 18.4 Å². The van der Waals surface area contributed by atoms with Crippen molar-refractivity contribution in [2.24, 2.45) is 5.92 Å². The highest BCUT2D eigenvalue weighted by Crippen LogP contribution is 2.56. The largest absolute Gasteiger partial charge is 0.497 e. The zero-order valence-corrected chi connectivity index (χ0v) is 13.6. The highest BCUT2D eigenvalue weighted by atomic mass is 16.5. The molecule has 3 heterocycles. The van der Waals surface area contributed by atoms with Crippen LogP contribution in [-0.4, -0.2) is 31.1 Å². The van der Waals surface area contributed by atoms with Crippen molar-refractivity contribution < 1.29 is 14.3 Å². The Morgan fingerprint density at radius 2 is 2.08 bits per heavy atom. The Bertz CT molecular complexity index is 847. The van der Waals surface area contributed by atoms with Gasteiger partial charge in [0.25, 0.3) is 0 Å². The van der Waals surface area contributed by atoms with Crippen molar-refractivity contribution in [3.63, 3.8) is 0 Å². The fourth-order valence-corrected chi connectivity index (χ4v) is 4.85. The molecule has 2 aromatic carbocycles. The number of fused-ring (bicyclic) bond motifs is 2. The summed E-state index contributed by atoms with van der Waals surface area (Å²) in [7, 11) is 1.70. The van der Waals surface area contributed by atoms with Crippen LogP contribution in [0.1, 0.15) is 23.1 Å². The molecular weight excluding hydrogens is 302 g/mol. The fraction of sp³-hybridized carbons (Fsp3) is 0.350. The maximum atomic E-state index is 12.8. The van der Waals surface area contributed by atoms with Crippen LogP contribution in [0, 0.1) is 5.92 Å². The Hall–Kier alpha value is -2.49. The number of hydrogen-bond acceptors (Lipinski definition) is 3. The van der Waals surface area contributed by atoms with Gasteiger partial charge in [-0.1, -0.05) is 24.3 Å². The minimum absolute atomic E-state index is 0.160. The number of carbonyl (C=O) groups excluding carboxylic acids is 1. The second kappa shape index (κ2) is 4.76. The van der Waals surface area contributed by atoms with Crippen molar-refractivity contribution in [1.29, 1.82) is 0 Å². The summed E-state index contributed by atoms with van der Waals surface area (Å²) in [6.45, 7) is 1.34. The molecule has 5 rings (SSSR count). The van der Waals surface area contributed by atoms with E-state index in [4.69, 9.17) is 9.47 Å². The average Bonchev–Trinajstić information content (AvgIpc) is 2.94. The number of rotatable bonds is 1.